The summed E-state index contributed by atoms with van der Waals surface area (Å²) in [5, 5.41) is 0. The van der Waals surface area contributed by atoms with Gasteiger partial charge in [0.25, 0.3) is 5.91 Å². The van der Waals surface area contributed by atoms with Gasteiger partial charge >= 0.3 is 0 Å². The van der Waals surface area contributed by atoms with Crippen molar-refractivity contribution in [3.8, 4) is 0 Å². The lowest BCUT2D eigenvalue weighted by Gasteiger charge is -2.22. The summed E-state index contributed by atoms with van der Waals surface area (Å²) in [5.74, 6) is -0.0180. The summed E-state index contributed by atoms with van der Waals surface area (Å²) in [6.45, 7) is 0.573. The number of rotatable bonds is 4. The third kappa shape index (κ3) is 2.77. The molecule has 5 heteroatoms. The van der Waals surface area contributed by atoms with E-state index in [4.69, 9.17) is 5.73 Å². The molecule has 1 amide bonds. The van der Waals surface area contributed by atoms with Crippen LogP contribution in [-0.2, 0) is 6.54 Å². The van der Waals surface area contributed by atoms with Crippen molar-refractivity contribution in [2.75, 3.05) is 5.73 Å². The first-order valence-corrected chi connectivity index (χ1v) is 6.64. The summed E-state index contributed by atoms with van der Waals surface area (Å²) in [6, 6.07) is 7.97. The summed E-state index contributed by atoms with van der Waals surface area (Å²) >= 11 is 0. The maximum absolute atomic E-state index is 12.5. The van der Waals surface area contributed by atoms with Crippen LogP contribution in [0.15, 0.2) is 43.0 Å². The number of nitrogen functional groups attached to an aromatic ring is 1. The lowest BCUT2D eigenvalue weighted by Crippen LogP contribution is -2.32. The van der Waals surface area contributed by atoms with Crippen molar-refractivity contribution in [3.05, 3.63) is 54.1 Å². The molecule has 0 saturated heterocycles. The van der Waals surface area contributed by atoms with Crippen LogP contribution in [-0.4, -0.2) is 26.8 Å². The van der Waals surface area contributed by atoms with E-state index in [2.05, 4.69) is 9.97 Å². The highest BCUT2D eigenvalue weighted by atomic mass is 16.2. The fourth-order valence-corrected chi connectivity index (χ4v) is 2.22. The fraction of sp³-hybridized carbons (Fsp3) is 0.267. The van der Waals surface area contributed by atoms with Gasteiger partial charge in [0.1, 0.15) is 6.33 Å². The molecule has 1 heterocycles. The van der Waals surface area contributed by atoms with Crippen LogP contribution in [0.2, 0.25) is 0 Å². The van der Waals surface area contributed by atoms with Crippen molar-refractivity contribution < 1.29 is 4.79 Å². The van der Waals surface area contributed by atoms with E-state index in [1.54, 1.807) is 12.4 Å². The third-order valence-electron chi connectivity index (χ3n) is 3.36. The Bertz CT molecular complexity index is 610. The van der Waals surface area contributed by atoms with Crippen molar-refractivity contribution in [3.63, 3.8) is 0 Å². The van der Waals surface area contributed by atoms with E-state index >= 15 is 0 Å². The summed E-state index contributed by atoms with van der Waals surface area (Å²) in [4.78, 5) is 22.2. The predicted molar refractivity (Wildman–Crippen MR) is 75.8 cm³/mol. The highest BCUT2D eigenvalue weighted by molar-refractivity contribution is 5.94. The zero-order chi connectivity index (χ0) is 13.9. The Balaban J connectivity index is 1.81. The molecule has 0 radical (unpaired) electrons. The van der Waals surface area contributed by atoms with Gasteiger partial charge in [0.2, 0.25) is 0 Å². The molecule has 0 spiro atoms. The Kier molecular flexibility index (Phi) is 3.33. The van der Waals surface area contributed by atoms with Gasteiger partial charge in [0.15, 0.2) is 0 Å². The monoisotopic (exact) mass is 268 g/mol. The fourth-order valence-electron chi connectivity index (χ4n) is 2.22. The molecule has 1 aliphatic rings. The van der Waals surface area contributed by atoms with Crippen LogP contribution < -0.4 is 5.73 Å². The molecule has 2 N–H and O–H groups in total. The molecule has 1 fully saturated rings. The minimum Gasteiger partial charge on any atom is -0.399 e. The molecule has 102 valence electrons. The molecule has 3 rings (SSSR count). The van der Waals surface area contributed by atoms with Gasteiger partial charge in [0, 0.05) is 30.7 Å². The number of amides is 1. The lowest BCUT2D eigenvalue weighted by atomic mass is 10.1. The average molecular weight is 268 g/mol. The quantitative estimate of drug-likeness (QED) is 0.859. The molecule has 2 aromatic rings. The van der Waals surface area contributed by atoms with Crippen molar-refractivity contribution in [2.24, 2.45) is 0 Å². The van der Waals surface area contributed by atoms with Gasteiger partial charge in [-0.25, -0.2) is 9.97 Å². The summed E-state index contributed by atoms with van der Waals surface area (Å²) in [5.41, 5.74) is 8.08. The number of hydrogen-bond acceptors (Lipinski definition) is 4. The molecule has 5 nitrogen and oxygen atoms in total. The van der Waals surface area contributed by atoms with E-state index in [9.17, 15) is 4.79 Å². The lowest BCUT2D eigenvalue weighted by molar-refractivity contribution is 0.0729. The number of anilines is 1. The molecule has 0 aliphatic heterocycles. The van der Waals surface area contributed by atoms with Crippen LogP contribution >= 0.6 is 0 Å². The van der Waals surface area contributed by atoms with Crippen molar-refractivity contribution in [2.45, 2.75) is 25.4 Å². The Morgan fingerprint density at radius 3 is 2.70 bits per heavy atom. The first-order valence-electron chi connectivity index (χ1n) is 6.64. The normalized spacial score (nSPS) is 14.0. The highest BCUT2D eigenvalue weighted by Crippen LogP contribution is 2.29. The van der Waals surface area contributed by atoms with Crippen LogP contribution in [0.1, 0.15) is 28.8 Å². The minimum atomic E-state index is -0.0180. The number of carbonyl (C=O) groups is 1. The molecule has 1 aromatic heterocycles. The zero-order valence-corrected chi connectivity index (χ0v) is 11.1. The first-order chi connectivity index (χ1) is 9.74. The molecule has 1 saturated carbocycles. The molecule has 0 bridgehead atoms. The van der Waals surface area contributed by atoms with Crippen molar-refractivity contribution in [1.29, 1.82) is 0 Å². The van der Waals surface area contributed by atoms with Crippen LogP contribution in [0.25, 0.3) is 0 Å². The highest BCUT2D eigenvalue weighted by Gasteiger charge is 2.33. The minimum absolute atomic E-state index is 0.0180. The zero-order valence-electron chi connectivity index (χ0n) is 11.1. The smallest absolute Gasteiger partial charge is 0.257 e. The molecule has 0 unspecified atom stereocenters. The van der Waals surface area contributed by atoms with Gasteiger partial charge in [-0.15, -0.1) is 0 Å². The average Bonchev–Trinajstić information content (AvgIpc) is 3.30. The van der Waals surface area contributed by atoms with Gasteiger partial charge in [-0.1, -0.05) is 12.1 Å². The van der Waals surface area contributed by atoms with Crippen molar-refractivity contribution >= 4 is 11.6 Å². The van der Waals surface area contributed by atoms with Gasteiger partial charge < -0.3 is 10.6 Å². The molecule has 0 atom stereocenters. The summed E-state index contributed by atoms with van der Waals surface area (Å²) in [7, 11) is 0. The maximum atomic E-state index is 12.5. The second-order valence-corrected chi connectivity index (χ2v) is 5.04. The number of carbonyl (C=O) groups excluding carboxylic acids is 1. The standard InChI is InChI=1S/C15H16N4O/c16-13-3-1-2-11(6-13)9-19(14-4-5-14)15(20)12-7-17-10-18-8-12/h1-3,6-8,10,14H,4-5,9,16H2. The van der Waals surface area contributed by atoms with E-state index in [0.29, 0.717) is 23.8 Å². The molecule has 1 aliphatic carbocycles. The second kappa shape index (κ2) is 5.28. The van der Waals surface area contributed by atoms with E-state index in [1.807, 2.05) is 29.2 Å². The Morgan fingerprint density at radius 2 is 2.05 bits per heavy atom. The van der Waals surface area contributed by atoms with Crippen LogP contribution in [0.4, 0.5) is 5.69 Å². The number of benzene rings is 1. The van der Waals surface area contributed by atoms with E-state index in [0.717, 1.165) is 18.4 Å². The van der Waals surface area contributed by atoms with Gasteiger partial charge in [0.05, 0.1) is 5.56 Å². The Morgan fingerprint density at radius 1 is 1.30 bits per heavy atom. The van der Waals surface area contributed by atoms with E-state index < -0.39 is 0 Å². The van der Waals surface area contributed by atoms with E-state index in [1.165, 1.54) is 6.33 Å². The maximum Gasteiger partial charge on any atom is 0.257 e. The SMILES string of the molecule is Nc1cccc(CN(C(=O)c2cncnc2)C2CC2)c1. The molecular weight excluding hydrogens is 252 g/mol. The predicted octanol–water partition coefficient (Wildman–Crippen LogP) is 1.86. The number of nitrogens with zero attached hydrogens (tertiary/aromatic N) is 3. The van der Waals surface area contributed by atoms with Crippen molar-refractivity contribution in [1.82, 2.24) is 14.9 Å². The molecular formula is C15H16N4O. The Hall–Kier alpha value is -2.43. The van der Waals surface area contributed by atoms with Crippen LogP contribution in [0.3, 0.4) is 0 Å². The second-order valence-electron chi connectivity index (χ2n) is 5.04. The molecule has 20 heavy (non-hydrogen) atoms. The van der Waals surface area contributed by atoms with E-state index in [-0.39, 0.29) is 5.91 Å². The Labute approximate surface area is 117 Å². The number of aromatic nitrogens is 2. The number of nitrogens with two attached hydrogens (primary N) is 1. The first kappa shape index (κ1) is 12.6. The van der Waals surface area contributed by atoms with Gasteiger partial charge in [-0.05, 0) is 30.5 Å². The number of hydrogen-bond donors (Lipinski definition) is 1. The molecule has 1 aromatic carbocycles. The largest absolute Gasteiger partial charge is 0.399 e. The van der Waals surface area contributed by atoms with Gasteiger partial charge in [-0.3, -0.25) is 4.79 Å². The summed E-state index contributed by atoms with van der Waals surface area (Å²) in [6.07, 6.45) is 6.66. The van der Waals surface area contributed by atoms with Gasteiger partial charge in [-0.2, -0.15) is 0 Å². The third-order valence-corrected chi connectivity index (χ3v) is 3.36. The van der Waals surface area contributed by atoms with Crippen LogP contribution in [0.5, 0.6) is 0 Å². The topological polar surface area (TPSA) is 72.1 Å². The van der Waals surface area contributed by atoms with Crippen LogP contribution in [0, 0.1) is 0 Å². The summed E-state index contributed by atoms with van der Waals surface area (Å²) < 4.78 is 0.